The Hall–Kier alpha value is -3.12. The molecule has 0 radical (unpaired) electrons. The monoisotopic (exact) mass is 431 g/mol. The lowest BCUT2D eigenvalue weighted by atomic mass is 10.00. The van der Waals surface area contributed by atoms with Gasteiger partial charge in [-0.1, -0.05) is 18.2 Å². The number of carbonyl (C=O) groups excluding carboxylic acids is 1. The second kappa shape index (κ2) is 8.79. The lowest BCUT2D eigenvalue weighted by molar-refractivity contribution is -0.118. The van der Waals surface area contributed by atoms with Crippen molar-refractivity contribution in [2.45, 2.75) is 45.1 Å². The number of nitrogens with one attached hydrogen (secondary N) is 1. The minimum Gasteiger partial charge on any atom is -0.494 e. The number of amides is 1. The fraction of sp³-hybridized carbons (Fsp3) is 0.385. The van der Waals surface area contributed by atoms with Gasteiger partial charge in [0.15, 0.2) is 0 Å². The highest BCUT2D eigenvalue weighted by molar-refractivity contribution is 6.04. The number of aromatic nitrogens is 1. The first-order valence-corrected chi connectivity index (χ1v) is 11.5. The number of fused-ring (bicyclic) bond motifs is 2. The third-order valence-electron chi connectivity index (χ3n) is 6.67. The predicted octanol–water partition coefficient (Wildman–Crippen LogP) is 4.39. The SMILES string of the molecule is C[C@@H]1CCCN1CCCOc1ccc2c(c1)CCC(=O)N2c1cc2ccccc2[nH]c1=O. The number of ether oxygens (including phenoxy) is 1. The Morgan fingerprint density at radius 2 is 1.94 bits per heavy atom. The first-order valence-electron chi connectivity index (χ1n) is 11.5. The number of para-hydroxylation sites is 1. The lowest BCUT2D eigenvalue weighted by Gasteiger charge is -2.29. The molecule has 0 aliphatic carbocycles. The Balaban J connectivity index is 1.34. The van der Waals surface area contributed by atoms with Crippen molar-refractivity contribution in [2.24, 2.45) is 0 Å². The molecule has 1 aromatic heterocycles. The summed E-state index contributed by atoms with van der Waals surface area (Å²) in [7, 11) is 0. The summed E-state index contributed by atoms with van der Waals surface area (Å²) >= 11 is 0. The van der Waals surface area contributed by atoms with Crippen LogP contribution in [0.5, 0.6) is 5.75 Å². The number of hydrogen-bond acceptors (Lipinski definition) is 4. The molecule has 32 heavy (non-hydrogen) atoms. The summed E-state index contributed by atoms with van der Waals surface area (Å²) in [5.74, 6) is 0.756. The number of pyridine rings is 1. The summed E-state index contributed by atoms with van der Waals surface area (Å²) in [6.45, 7) is 5.23. The first kappa shape index (κ1) is 20.8. The van der Waals surface area contributed by atoms with E-state index in [9.17, 15) is 9.59 Å². The molecule has 2 aliphatic rings. The van der Waals surface area contributed by atoms with E-state index in [4.69, 9.17) is 4.74 Å². The third kappa shape index (κ3) is 4.02. The van der Waals surface area contributed by atoms with Crippen LogP contribution in [0, 0.1) is 0 Å². The van der Waals surface area contributed by atoms with Gasteiger partial charge in [-0.25, -0.2) is 0 Å². The van der Waals surface area contributed by atoms with Gasteiger partial charge in [-0.05, 0) is 75.0 Å². The van der Waals surface area contributed by atoms with Crippen LogP contribution in [0.2, 0.25) is 0 Å². The van der Waals surface area contributed by atoms with Crippen LogP contribution in [0.4, 0.5) is 11.4 Å². The molecule has 3 aromatic rings. The average molecular weight is 432 g/mol. The van der Waals surface area contributed by atoms with Crippen molar-refractivity contribution in [3.63, 3.8) is 0 Å². The van der Waals surface area contributed by atoms with E-state index in [2.05, 4.69) is 16.8 Å². The molecule has 1 fully saturated rings. The molecule has 0 saturated carbocycles. The van der Waals surface area contributed by atoms with Gasteiger partial charge in [0, 0.05) is 29.9 Å². The van der Waals surface area contributed by atoms with Gasteiger partial charge in [0.1, 0.15) is 11.4 Å². The minimum absolute atomic E-state index is 0.0633. The molecule has 166 valence electrons. The smallest absolute Gasteiger partial charge is 0.272 e. The van der Waals surface area contributed by atoms with Crippen LogP contribution in [0.3, 0.4) is 0 Å². The summed E-state index contributed by atoms with van der Waals surface area (Å²) in [4.78, 5) is 32.6. The number of H-pyrrole nitrogens is 1. The molecule has 1 saturated heterocycles. The molecule has 0 spiro atoms. The van der Waals surface area contributed by atoms with Crippen LogP contribution in [0.15, 0.2) is 53.3 Å². The van der Waals surface area contributed by atoms with E-state index < -0.39 is 0 Å². The highest BCUT2D eigenvalue weighted by Crippen LogP contribution is 2.35. The normalized spacial score (nSPS) is 18.8. The molecule has 0 bridgehead atoms. The number of anilines is 2. The number of likely N-dealkylation sites (tertiary alicyclic amines) is 1. The summed E-state index contributed by atoms with van der Waals surface area (Å²) in [6, 6.07) is 15.9. The van der Waals surface area contributed by atoms with Gasteiger partial charge < -0.3 is 14.6 Å². The highest BCUT2D eigenvalue weighted by atomic mass is 16.5. The fourth-order valence-electron chi connectivity index (χ4n) is 4.91. The van der Waals surface area contributed by atoms with Crippen molar-refractivity contribution >= 4 is 28.2 Å². The van der Waals surface area contributed by atoms with Crippen LogP contribution >= 0.6 is 0 Å². The zero-order chi connectivity index (χ0) is 22.1. The molecule has 1 amide bonds. The van der Waals surface area contributed by atoms with Gasteiger partial charge in [-0.3, -0.25) is 14.5 Å². The molecular weight excluding hydrogens is 402 g/mol. The van der Waals surface area contributed by atoms with Crippen LogP contribution in [-0.4, -0.2) is 41.5 Å². The van der Waals surface area contributed by atoms with Crippen LogP contribution < -0.4 is 15.2 Å². The van der Waals surface area contributed by atoms with E-state index in [1.165, 1.54) is 19.4 Å². The molecule has 3 heterocycles. The van der Waals surface area contributed by atoms with E-state index >= 15 is 0 Å². The zero-order valence-corrected chi connectivity index (χ0v) is 18.5. The van der Waals surface area contributed by atoms with Gasteiger partial charge in [0.05, 0.1) is 12.3 Å². The zero-order valence-electron chi connectivity index (χ0n) is 18.5. The quantitative estimate of drug-likeness (QED) is 0.588. The van der Waals surface area contributed by atoms with E-state index in [1.807, 2.05) is 42.5 Å². The summed E-state index contributed by atoms with van der Waals surface area (Å²) in [6.07, 6.45) is 4.61. The number of carbonyl (C=O) groups is 1. The van der Waals surface area contributed by atoms with Gasteiger partial charge in [-0.15, -0.1) is 0 Å². The maximum absolute atomic E-state index is 12.8. The van der Waals surface area contributed by atoms with Crippen molar-refractivity contribution in [2.75, 3.05) is 24.6 Å². The fourth-order valence-corrected chi connectivity index (χ4v) is 4.91. The molecule has 0 unspecified atom stereocenters. The molecule has 1 atom stereocenters. The van der Waals surface area contributed by atoms with E-state index in [1.54, 1.807) is 11.0 Å². The van der Waals surface area contributed by atoms with Gasteiger partial charge >= 0.3 is 0 Å². The Kier molecular flexibility index (Phi) is 5.70. The van der Waals surface area contributed by atoms with Crippen molar-refractivity contribution in [3.05, 3.63) is 64.4 Å². The van der Waals surface area contributed by atoms with Gasteiger partial charge in [-0.2, -0.15) is 0 Å². The molecular formula is C26H29N3O3. The van der Waals surface area contributed by atoms with Crippen molar-refractivity contribution in [3.8, 4) is 5.75 Å². The molecule has 2 aromatic carbocycles. The molecule has 6 nitrogen and oxygen atoms in total. The van der Waals surface area contributed by atoms with Crippen LogP contribution in [0.1, 0.15) is 38.2 Å². The molecule has 2 aliphatic heterocycles. The lowest BCUT2D eigenvalue weighted by Crippen LogP contribution is -2.34. The summed E-state index contributed by atoms with van der Waals surface area (Å²) < 4.78 is 6.02. The third-order valence-corrected chi connectivity index (χ3v) is 6.67. The molecule has 6 heteroatoms. The maximum Gasteiger partial charge on any atom is 0.272 e. The Bertz CT molecular complexity index is 1200. The number of nitrogens with zero attached hydrogens (tertiary/aromatic N) is 2. The Labute approximate surface area is 187 Å². The van der Waals surface area contributed by atoms with E-state index in [0.29, 0.717) is 31.2 Å². The Morgan fingerprint density at radius 3 is 2.78 bits per heavy atom. The van der Waals surface area contributed by atoms with Crippen molar-refractivity contribution in [1.29, 1.82) is 0 Å². The number of benzene rings is 2. The van der Waals surface area contributed by atoms with Gasteiger partial charge in [0.2, 0.25) is 5.91 Å². The van der Waals surface area contributed by atoms with Crippen LogP contribution in [-0.2, 0) is 11.2 Å². The van der Waals surface area contributed by atoms with Crippen molar-refractivity contribution in [1.82, 2.24) is 9.88 Å². The predicted molar refractivity (Wildman–Crippen MR) is 127 cm³/mol. The number of aryl methyl sites for hydroxylation is 1. The number of aromatic amines is 1. The second-order valence-electron chi connectivity index (χ2n) is 8.82. The van der Waals surface area contributed by atoms with Crippen molar-refractivity contribution < 1.29 is 9.53 Å². The minimum atomic E-state index is -0.263. The average Bonchev–Trinajstić information content (AvgIpc) is 3.21. The highest BCUT2D eigenvalue weighted by Gasteiger charge is 2.28. The Morgan fingerprint density at radius 1 is 1.06 bits per heavy atom. The van der Waals surface area contributed by atoms with Crippen LogP contribution in [0.25, 0.3) is 10.9 Å². The molecule has 1 N–H and O–H groups in total. The van der Waals surface area contributed by atoms with Gasteiger partial charge in [0.25, 0.3) is 5.56 Å². The summed E-state index contributed by atoms with van der Waals surface area (Å²) in [5, 5.41) is 0.897. The topological polar surface area (TPSA) is 65.6 Å². The number of hydrogen-bond donors (Lipinski definition) is 1. The summed E-state index contributed by atoms with van der Waals surface area (Å²) in [5.41, 5.74) is 2.66. The second-order valence-corrected chi connectivity index (χ2v) is 8.82. The first-order chi connectivity index (χ1) is 15.6. The van der Waals surface area contributed by atoms with E-state index in [-0.39, 0.29) is 11.5 Å². The molecule has 5 rings (SSSR count). The van der Waals surface area contributed by atoms with E-state index in [0.717, 1.165) is 40.9 Å². The largest absolute Gasteiger partial charge is 0.494 e. The maximum atomic E-state index is 12.8. The number of rotatable bonds is 6. The standard InChI is InChI=1S/C26H29N3O3/c1-18-6-4-13-28(18)14-5-15-32-21-10-11-23-20(16-21)9-12-25(30)29(23)24-17-19-7-2-3-8-22(19)27-26(24)31/h2-3,7-8,10-11,16-18H,4-6,9,12-15H2,1H3,(H,27,31)/t18-/m1/s1.